The van der Waals surface area contributed by atoms with Crippen LogP contribution in [-0.2, 0) is 0 Å². The van der Waals surface area contributed by atoms with Crippen LogP contribution in [0.2, 0.25) is 0 Å². The molecule has 0 unspecified atom stereocenters. The number of ether oxygens (including phenoxy) is 2. The van der Waals surface area contributed by atoms with E-state index in [0.29, 0.717) is 36.1 Å². The molecule has 0 atom stereocenters. The first-order valence-electron chi connectivity index (χ1n) is 14.8. The fourth-order valence-electron chi connectivity index (χ4n) is 4.94. The quantitative estimate of drug-likeness (QED) is 0.383. The SMILES string of the molecule is CC(C)Oc1cccc2c1[O][Ga]1[O]c3c(cccc3OC(C)C)C=NCC(C)(C)C[N]1CCNCC(C)(C)CN=C2.[I-]. The minimum Gasteiger partial charge on any atom is -1.00 e. The first-order chi connectivity index (χ1) is 19.4. The Labute approximate surface area is 275 Å². The predicted octanol–water partition coefficient (Wildman–Crippen LogP) is 2.52. The number of fused-ring (bicyclic) bond motifs is 3. The van der Waals surface area contributed by atoms with E-state index in [1.807, 2.05) is 76.5 Å². The number of halogens is 1. The Balaban J connectivity index is 0.00000484. The zero-order valence-electron chi connectivity index (χ0n) is 26.4. The number of nitrogens with one attached hydrogen (secondary N) is 1. The van der Waals surface area contributed by atoms with Gasteiger partial charge in [0.2, 0.25) is 0 Å². The number of para-hydroxylation sites is 2. The fourth-order valence-corrected chi connectivity index (χ4v) is 9.63. The average molecular weight is 748 g/mol. The monoisotopic (exact) mass is 747 g/mol. The van der Waals surface area contributed by atoms with Crippen molar-refractivity contribution >= 4 is 29.6 Å². The molecule has 0 radical (unpaired) electrons. The molecule has 0 aromatic heterocycles. The summed E-state index contributed by atoms with van der Waals surface area (Å²) >= 11 is -3.32. The van der Waals surface area contributed by atoms with E-state index in [2.05, 4.69) is 36.6 Å². The third-order valence-corrected chi connectivity index (χ3v) is 10.8. The minimum atomic E-state index is -3.32. The number of rotatable bonds is 4. The standard InChI is InChI=1S/C32H49N4O4.Ga.HI/c1-23(2)39-27-13-9-11-25(29(27)37)17-35-21-31(5,6)19-33-15-16-34-20-32(7,8)22-36-18-26-12-10-14-28(30(26)38)40-24(3)4;;/h9-14,17-18,23-24,33,37-38H,15-16,19-22H2,1-8H3;;1H/q-1;+3;/p-3. The van der Waals surface area contributed by atoms with Crippen LogP contribution in [0.5, 0.6) is 23.0 Å². The molecule has 0 fully saturated rings. The van der Waals surface area contributed by atoms with Crippen LogP contribution in [0.15, 0.2) is 46.4 Å². The van der Waals surface area contributed by atoms with E-state index in [4.69, 9.17) is 26.5 Å². The zero-order valence-corrected chi connectivity index (χ0v) is 31.0. The van der Waals surface area contributed by atoms with Crippen LogP contribution in [0.25, 0.3) is 0 Å². The number of aliphatic imine (C=N–C) groups is 2. The molecule has 0 saturated heterocycles. The van der Waals surface area contributed by atoms with Crippen LogP contribution in [0.4, 0.5) is 0 Å². The Kier molecular flexibility index (Phi) is 12.7. The molecule has 0 bridgehead atoms. The van der Waals surface area contributed by atoms with Crippen molar-refractivity contribution < 1.29 is 40.5 Å². The second kappa shape index (κ2) is 15.3. The summed E-state index contributed by atoms with van der Waals surface area (Å²) in [6.07, 6.45) is 3.83. The van der Waals surface area contributed by atoms with Crippen molar-refractivity contribution in [2.45, 2.75) is 67.6 Å². The van der Waals surface area contributed by atoms with Crippen molar-refractivity contribution in [3.05, 3.63) is 47.5 Å². The molecule has 1 N–H and O–H groups in total. The van der Waals surface area contributed by atoms with Gasteiger partial charge in [-0.05, 0) is 0 Å². The number of nitrogens with zero attached hydrogens (tertiary/aromatic N) is 3. The normalized spacial score (nSPS) is 19.0. The van der Waals surface area contributed by atoms with Crippen LogP contribution in [0, 0.1) is 10.8 Å². The van der Waals surface area contributed by atoms with E-state index in [1.165, 1.54) is 0 Å². The van der Waals surface area contributed by atoms with Gasteiger partial charge in [-0.15, -0.1) is 0 Å². The van der Waals surface area contributed by atoms with Crippen LogP contribution in [0.3, 0.4) is 0 Å². The Morgan fingerprint density at radius 2 is 1.31 bits per heavy atom. The molecule has 2 aromatic rings. The fraction of sp³-hybridized carbons (Fsp3) is 0.562. The molecule has 0 aliphatic carbocycles. The first kappa shape index (κ1) is 34.8. The molecule has 230 valence electrons. The van der Waals surface area contributed by atoms with E-state index in [-0.39, 0.29) is 47.0 Å². The van der Waals surface area contributed by atoms with E-state index < -0.39 is 17.2 Å². The molecular weight excluding hydrogens is 701 g/mol. The number of hydrogen-bond donors (Lipinski definition) is 1. The second-order valence-electron chi connectivity index (χ2n) is 13.1. The molecule has 0 saturated carbocycles. The van der Waals surface area contributed by atoms with Crippen molar-refractivity contribution in [3.8, 4) is 23.0 Å². The molecule has 0 amide bonds. The summed E-state index contributed by atoms with van der Waals surface area (Å²) in [4.78, 5) is 9.69. The summed E-state index contributed by atoms with van der Waals surface area (Å²) in [6.45, 7) is 21.8. The molecule has 2 aliphatic heterocycles. The zero-order chi connectivity index (χ0) is 29.6. The number of benzene rings is 2. The largest absolute Gasteiger partial charge is 1.00 e. The van der Waals surface area contributed by atoms with E-state index in [0.717, 1.165) is 37.3 Å². The second-order valence-corrected chi connectivity index (χ2v) is 16.9. The van der Waals surface area contributed by atoms with Crippen molar-refractivity contribution in [1.29, 1.82) is 0 Å². The minimum absolute atomic E-state index is 0. The summed E-state index contributed by atoms with van der Waals surface area (Å²) in [5, 5.41) is 3.68. The van der Waals surface area contributed by atoms with Gasteiger partial charge in [-0.2, -0.15) is 0 Å². The van der Waals surface area contributed by atoms with Crippen LogP contribution < -0.4 is 45.8 Å². The molecule has 2 aliphatic rings. The van der Waals surface area contributed by atoms with E-state index in [9.17, 15) is 0 Å². The van der Waals surface area contributed by atoms with Gasteiger partial charge in [0.1, 0.15) is 0 Å². The predicted molar refractivity (Wildman–Crippen MR) is 168 cm³/mol. The summed E-state index contributed by atoms with van der Waals surface area (Å²) in [7, 11) is 0. The van der Waals surface area contributed by atoms with Gasteiger partial charge in [0.15, 0.2) is 0 Å². The van der Waals surface area contributed by atoms with Crippen LogP contribution >= 0.6 is 0 Å². The van der Waals surface area contributed by atoms with Crippen molar-refractivity contribution in [3.63, 3.8) is 0 Å². The van der Waals surface area contributed by atoms with Gasteiger partial charge in [0.05, 0.1) is 0 Å². The Hall–Kier alpha value is -1.73. The molecule has 4 rings (SSSR count). The van der Waals surface area contributed by atoms with Crippen LogP contribution in [0.1, 0.15) is 66.5 Å². The van der Waals surface area contributed by atoms with Gasteiger partial charge in [0.25, 0.3) is 0 Å². The molecule has 0 spiro atoms. The van der Waals surface area contributed by atoms with Crippen LogP contribution in [-0.4, -0.2) is 84.7 Å². The van der Waals surface area contributed by atoms with Gasteiger partial charge in [0, 0.05) is 0 Å². The van der Waals surface area contributed by atoms with Crippen molar-refractivity contribution in [2.24, 2.45) is 20.8 Å². The van der Waals surface area contributed by atoms with Gasteiger partial charge in [-0.25, -0.2) is 0 Å². The molecule has 8 nitrogen and oxygen atoms in total. The maximum atomic E-state index is 7.09. The molecule has 2 aromatic carbocycles. The van der Waals surface area contributed by atoms with Gasteiger partial charge < -0.3 is 24.0 Å². The van der Waals surface area contributed by atoms with Gasteiger partial charge in [-0.3, -0.25) is 0 Å². The van der Waals surface area contributed by atoms with Crippen molar-refractivity contribution in [2.75, 3.05) is 39.3 Å². The van der Waals surface area contributed by atoms with Gasteiger partial charge in [-0.1, -0.05) is 0 Å². The third-order valence-electron chi connectivity index (χ3n) is 6.79. The summed E-state index contributed by atoms with van der Waals surface area (Å²) in [5.74, 6) is 2.79. The molecule has 42 heavy (non-hydrogen) atoms. The van der Waals surface area contributed by atoms with E-state index in [1.54, 1.807) is 0 Å². The summed E-state index contributed by atoms with van der Waals surface area (Å²) < 4.78 is 29.1. The maximum Gasteiger partial charge on any atom is -1.00 e. The Morgan fingerprint density at radius 1 is 0.810 bits per heavy atom. The smallest absolute Gasteiger partial charge is 1.00 e. The third kappa shape index (κ3) is 9.90. The van der Waals surface area contributed by atoms with E-state index >= 15 is 0 Å². The van der Waals surface area contributed by atoms with Crippen molar-refractivity contribution in [1.82, 2.24) is 8.92 Å². The maximum absolute atomic E-state index is 7.09. The average Bonchev–Trinajstić information content (AvgIpc) is 2.87. The molecular formula is C32H47GaIN4O4-. The topological polar surface area (TPSA) is 76.9 Å². The summed E-state index contributed by atoms with van der Waals surface area (Å²) in [5.41, 5.74) is 1.72. The Morgan fingerprint density at radius 3 is 1.81 bits per heavy atom. The van der Waals surface area contributed by atoms with Gasteiger partial charge >= 0.3 is 253 Å². The molecule has 2 heterocycles. The first-order valence-corrected chi connectivity index (χ1v) is 17.9. The number of hydrogen-bond acceptors (Lipinski definition) is 8. The Bertz CT molecular complexity index is 1230. The summed E-state index contributed by atoms with van der Waals surface area (Å²) in [6, 6.07) is 12.0. The molecule has 10 heteroatoms.